The summed E-state index contributed by atoms with van der Waals surface area (Å²) >= 11 is 0. The van der Waals surface area contributed by atoms with Gasteiger partial charge in [0.2, 0.25) is 11.8 Å². The van der Waals surface area contributed by atoms with Crippen molar-refractivity contribution >= 4 is 17.9 Å². The number of carbonyl (C=O) groups excluding carboxylic acids is 3. The Labute approximate surface area is 347 Å². The molecule has 5 heterocycles. The highest BCUT2D eigenvalue weighted by Crippen LogP contribution is 2.37. The van der Waals surface area contributed by atoms with E-state index in [0.717, 1.165) is 89.4 Å². The average molecular weight is 797 g/mol. The highest BCUT2D eigenvalue weighted by molar-refractivity contribution is 5.84. The molecule has 59 heavy (non-hydrogen) atoms. The van der Waals surface area contributed by atoms with Gasteiger partial charge < -0.3 is 29.4 Å². The van der Waals surface area contributed by atoms with Crippen molar-refractivity contribution in [3.63, 3.8) is 0 Å². The largest absolute Gasteiger partial charge is 0.444 e. The molecule has 12 nitrogen and oxygen atoms in total. The molecule has 0 bridgehead atoms. The molecule has 2 N–H and O–H groups in total. The van der Waals surface area contributed by atoms with Gasteiger partial charge in [0, 0.05) is 26.2 Å². The van der Waals surface area contributed by atoms with Crippen LogP contribution in [0.5, 0.6) is 0 Å². The van der Waals surface area contributed by atoms with Crippen LogP contribution in [0.1, 0.15) is 94.6 Å². The number of rotatable bonds is 9. The minimum Gasteiger partial charge on any atom is -0.444 e. The zero-order valence-corrected chi connectivity index (χ0v) is 34.9. The molecule has 0 spiro atoms. The third-order valence-corrected chi connectivity index (χ3v) is 11.9. The lowest BCUT2D eigenvalue weighted by atomic mass is 9.96. The van der Waals surface area contributed by atoms with E-state index in [4.69, 9.17) is 14.7 Å². The van der Waals surface area contributed by atoms with Gasteiger partial charge in [-0.25, -0.2) is 14.8 Å². The fourth-order valence-corrected chi connectivity index (χ4v) is 8.98. The average Bonchev–Trinajstić information content (AvgIpc) is 4.08. The highest BCUT2D eigenvalue weighted by atomic mass is 16.6. The minimum atomic E-state index is -0.576. The number of aromatic amines is 2. The summed E-state index contributed by atoms with van der Waals surface area (Å²) in [4.78, 5) is 64.8. The van der Waals surface area contributed by atoms with Crippen LogP contribution in [0, 0.1) is 5.92 Å². The van der Waals surface area contributed by atoms with Crippen molar-refractivity contribution in [1.82, 2.24) is 39.5 Å². The topological polar surface area (TPSA) is 131 Å². The number of likely N-dealkylation sites (N-methyl/N-ethyl adjacent to an activating group) is 1. The standard InChI is InChI=1S/C47H56N8O4/c1-47(2,3)59-46(58)53-25-9-14-36(30-53)44(56)54-26-10-15-39(54)42-48-28-37(50-42)33-21-17-31(18-22-33)32-19-23-34(24-20-32)38-29-49-43(51-38)40-16-11-27-55(40)45(57)41(52(4)5)35-12-7-6-8-13-35/h6-8,12-13,17-24,28-29,36,39-41H,9-11,14-16,25-27,30H2,1-5H3,(H,48,50)(H,49,51)/t36-,39+,40+,41-/m1/s1. The van der Waals surface area contributed by atoms with Crippen LogP contribution in [0.2, 0.25) is 0 Å². The second-order valence-corrected chi connectivity index (χ2v) is 17.4. The maximum atomic E-state index is 13.9. The zero-order chi connectivity index (χ0) is 41.3. The van der Waals surface area contributed by atoms with Crippen LogP contribution in [0.15, 0.2) is 91.3 Å². The molecule has 0 unspecified atom stereocenters. The lowest BCUT2D eigenvalue weighted by molar-refractivity contribution is -0.138. The number of H-pyrrole nitrogens is 2. The fourth-order valence-electron chi connectivity index (χ4n) is 8.98. The number of piperidine rings is 1. The van der Waals surface area contributed by atoms with Gasteiger partial charge in [-0.15, -0.1) is 0 Å². The fraction of sp³-hybridized carbons (Fsp3) is 0.426. The molecular weight excluding hydrogens is 741 g/mol. The summed E-state index contributed by atoms with van der Waals surface area (Å²) in [5, 5.41) is 0. The quantitative estimate of drug-likeness (QED) is 0.153. The highest BCUT2D eigenvalue weighted by Gasteiger charge is 2.39. The second-order valence-electron chi connectivity index (χ2n) is 17.4. The molecule has 3 aliphatic heterocycles. The van der Waals surface area contributed by atoms with Crippen LogP contribution in [0.3, 0.4) is 0 Å². The summed E-state index contributed by atoms with van der Waals surface area (Å²) in [6.45, 7) is 7.97. The van der Waals surface area contributed by atoms with Gasteiger partial charge in [-0.05, 0) is 101 Å². The summed E-state index contributed by atoms with van der Waals surface area (Å²) < 4.78 is 5.60. The van der Waals surface area contributed by atoms with E-state index in [9.17, 15) is 14.4 Å². The third-order valence-electron chi connectivity index (χ3n) is 11.9. The van der Waals surface area contributed by atoms with E-state index in [1.54, 1.807) is 4.90 Å². The van der Waals surface area contributed by atoms with Gasteiger partial charge in [-0.1, -0.05) is 78.9 Å². The smallest absolute Gasteiger partial charge is 0.410 e. The van der Waals surface area contributed by atoms with E-state index >= 15 is 0 Å². The minimum absolute atomic E-state index is 0.0897. The maximum Gasteiger partial charge on any atom is 0.410 e. The molecule has 3 aromatic carbocycles. The number of amides is 3. The zero-order valence-electron chi connectivity index (χ0n) is 34.9. The molecule has 0 aliphatic carbocycles. The predicted molar refractivity (Wildman–Crippen MR) is 228 cm³/mol. The first-order chi connectivity index (χ1) is 28.4. The first kappa shape index (κ1) is 40.0. The maximum absolute atomic E-state index is 13.9. The molecule has 5 aromatic rings. The Bertz CT molecular complexity index is 2240. The number of hydrogen-bond donors (Lipinski definition) is 2. The Morgan fingerprint density at radius 3 is 1.75 bits per heavy atom. The molecular formula is C47H56N8O4. The van der Waals surface area contributed by atoms with Crippen molar-refractivity contribution in [3.8, 4) is 33.6 Å². The first-order valence-electron chi connectivity index (χ1n) is 21.0. The van der Waals surface area contributed by atoms with E-state index in [2.05, 4.69) is 58.5 Å². The predicted octanol–water partition coefficient (Wildman–Crippen LogP) is 8.41. The number of imidazole rings is 2. The van der Waals surface area contributed by atoms with E-state index < -0.39 is 5.60 Å². The van der Waals surface area contributed by atoms with E-state index in [0.29, 0.717) is 26.2 Å². The molecule has 3 aliphatic rings. The molecule has 8 rings (SSSR count). The number of nitrogens with one attached hydrogen (secondary N) is 2. The monoisotopic (exact) mass is 796 g/mol. The number of nitrogens with zero attached hydrogens (tertiary/aromatic N) is 6. The third kappa shape index (κ3) is 8.69. The lowest BCUT2D eigenvalue weighted by Crippen LogP contribution is -2.48. The number of hydrogen-bond acceptors (Lipinski definition) is 7. The SMILES string of the molecule is CN(C)[C@@H](C(=O)N1CCC[C@H]1c1ncc(-c2ccc(-c3ccc(-c4cnc([C@@H]5CCCN5C(=O)[C@@H]5CCCN(C(=O)OC(C)(C)C)C5)[nH]4)cc3)cc2)[nH]1)c1ccccc1. The lowest BCUT2D eigenvalue weighted by Gasteiger charge is -2.36. The number of aromatic nitrogens is 4. The summed E-state index contributed by atoms with van der Waals surface area (Å²) in [7, 11) is 3.91. The van der Waals surface area contributed by atoms with Gasteiger partial charge in [0.15, 0.2) is 0 Å². The number of likely N-dealkylation sites (tertiary alicyclic amines) is 3. The van der Waals surface area contributed by atoms with E-state index in [-0.39, 0.29) is 42.0 Å². The van der Waals surface area contributed by atoms with Gasteiger partial charge in [0.05, 0.1) is 41.8 Å². The normalized spacial score (nSPS) is 20.3. The Balaban J connectivity index is 0.899. The van der Waals surface area contributed by atoms with Crippen molar-refractivity contribution in [2.75, 3.05) is 40.3 Å². The van der Waals surface area contributed by atoms with Crippen LogP contribution < -0.4 is 0 Å². The number of benzene rings is 3. The molecule has 4 atom stereocenters. The summed E-state index contributed by atoms with van der Waals surface area (Å²) in [6, 6.07) is 26.3. The van der Waals surface area contributed by atoms with E-state index in [1.165, 1.54) is 0 Å². The van der Waals surface area contributed by atoms with Crippen LogP contribution in [-0.2, 0) is 14.3 Å². The number of ether oxygens (including phenoxy) is 1. The Morgan fingerprint density at radius 2 is 1.20 bits per heavy atom. The molecule has 308 valence electrons. The van der Waals surface area contributed by atoms with Crippen LogP contribution in [0.4, 0.5) is 4.79 Å². The Hall–Kier alpha value is -5.75. The molecule has 3 saturated heterocycles. The Morgan fingerprint density at radius 1 is 0.695 bits per heavy atom. The van der Waals surface area contributed by atoms with Gasteiger partial charge in [-0.2, -0.15) is 0 Å². The molecule has 0 saturated carbocycles. The van der Waals surface area contributed by atoms with Crippen molar-refractivity contribution in [2.45, 2.75) is 83.0 Å². The number of carbonyl (C=O) groups is 3. The molecule has 3 fully saturated rings. The van der Waals surface area contributed by atoms with Gasteiger partial charge >= 0.3 is 6.09 Å². The molecule has 2 aromatic heterocycles. The summed E-state index contributed by atoms with van der Waals surface area (Å²) in [5.41, 5.74) is 6.49. The molecule has 12 heteroatoms. The van der Waals surface area contributed by atoms with Crippen LogP contribution in [-0.4, -0.2) is 103 Å². The molecule has 0 radical (unpaired) electrons. The van der Waals surface area contributed by atoms with Gasteiger partial charge in [-0.3, -0.25) is 14.5 Å². The van der Waals surface area contributed by atoms with Gasteiger partial charge in [0.1, 0.15) is 23.3 Å². The first-order valence-corrected chi connectivity index (χ1v) is 21.0. The van der Waals surface area contributed by atoms with E-state index in [1.807, 2.05) is 92.3 Å². The second kappa shape index (κ2) is 16.8. The van der Waals surface area contributed by atoms with Gasteiger partial charge in [0.25, 0.3) is 0 Å². The van der Waals surface area contributed by atoms with Crippen molar-refractivity contribution in [1.29, 1.82) is 0 Å². The molecule has 3 amide bonds. The van der Waals surface area contributed by atoms with Crippen LogP contribution in [0.25, 0.3) is 33.6 Å². The Kier molecular flexibility index (Phi) is 11.4. The van der Waals surface area contributed by atoms with Crippen LogP contribution >= 0.6 is 0 Å². The van der Waals surface area contributed by atoms with Crippen molar-refractivity contribution in [2.24, 2.45) is 5.92 Å². The summed E-state index contributed by atoms with van der Waals surface area (Å²) in [6.07, 6.45) is 8.49. The summed E-state index contributed by atoms with van der Waals surface area (Å²) in [5.74, 6) is 1.56. The van der Waals surface area contributed by atoms with Crippen molar-refractivity contribution in [3.05, 3.63) is 108 Å². The van der Waals surface area contributed by atoms with Crippen molar-refractivity contribution < 1.29 is 19.1 Å².